The van der Waals surface area contributed by atoms with Crippen molar-refractivity contribution in [3.63, 3.8) is 0 Å². The van der Waals surface area contributed by atoms with Crippen molar-refractivity contribution in [3.05, 3.63) is 23.3 Å². The van der Waals surface area contributed by atoms with E-state index in [2.05, 4.69) is 0 Å². The molecule has 0 saturated heterocycles. The van der Waals surface area contributed by atoms with E-state index in [9.17, 15) is 30.0 Å². The van der Waals surface area contributed by atoms with Gasteiger partial charge in [-0.05, 0) is 81.5 Å². The summed E-state index contributed by atoms with van der Waals surface area (Å²) >= 11 is 0. The second-order valence-corrected chi connectivity index (χ2v) is 11.2. The molecule has 170 valence electrons. The van der Waals surface area contributed by atoms with Gasteiger partial charge in [0.1, 0.15) is 0 Å². The summed E-state index contributed by atoms with van der Waals surface area (Å²) in [5, 5.41) is 40.8. The number of carboxylic acid groups (broad SMARTS) is 2. The summed E-state index contributed by atoms with van der Waals surface area (Å²) in [7, 11) is 0. The fourth-order valence-electron chi connectivity index (χ4n) is 10.0. The van der Waals surface area contributed by atoms with Crippen LogP contribution in [0.3, 0.4) is 0 Å². The Morgan fingerprint density at radius 1 is 0.968 bits per heavy atom. The van der Waals surface area contributed by atoms with Crippen molar-refractivity contribution in [1.29, 1.82) is 0 Å². The number of allylic oxidation sites excluding steroid dienone is 2. The highest BCUT2D eigenvalue weighted by molar-refractivity contribution is 5.87. The molecule has 0 aromatic rings. The summed E-state index contributed by atoms with van der Waals surface area (Å²) in [4.78, 5) is 23.9. The van der Waals surface area contributed by atoms with Gasteiger partial charge in [0, 0.05) is 40.6 Å². The summed E-state index contributed by atoms with van der Waals surface area (Å²) in [6, 6.07) is 0. The number of aliphatic carboxylic acids is 2. The lowest BCUT2D eigenvalue weighted by Gasteiger charge is -2.62. The average Bonchev–Trinajstić information content (AvgIpc) is 3.49. The molecule has 0 amide bonds. The van der Waals surface area contributed by atoms with Gasteiger partial charge in [0.05, 0.1) is 0 Å². The van der Waals surface area contributed by atoms with Gasteiger partial charge >= 0.3 is 11.9 Å². The Morgan fingerprint density at radius 3 is 2.26 bits per heavy atom. The molecule has 0 radical (unpaired) electrons. The van der Waals surface area contributed by atoms with Crippen molar-refractivity contribution in [2.75, 3.05) is 13.2 Å². The molecule has 5 aliphatic carbocycles. The van der Waals surface area contributed by atoms with Gasteiger partial charge in [-0.2, -0.15) is 0 Å². The first-order valence-electron chi connectivity index (χ1n) is 11.8. The van der Waals surface area contributed by atoms with E-state index in [1.54, 1.807) is 13.8 Å². The highest BCUT2D eigenvalue weighted by Gasteiger charge is 2.84. The Morgan fingerprint density at radius 2 is 1.65 bits per heavy atom. The molecule has 9 unspecified atom stereocenters. The molecular formula is C25H34O6. The maximum atomic E-state index is 12.0. The molecule has 5 rings (SSSR count). The van der Waals surface area contributed by atoms with Crippen LogP contribution in [0, 0.1) is 51.8 Å². The van der Waals surface area contributed by atoms with Gasteiger partial charge in [-0.3, -0.25) is 0 Å². The van der Waals surface area contributed by atoms with Gasteiger partial charge in [-0.15, -0.1) is 0 Å². The Kier molecular flexibility index (Phi) is 4.56. The molecular weight excluding hydrogens is 396 g/mol. The minimum atomic E-state index is -0.968. The second kappa shape index (κ2) is 6.67. The van der Waals surface area contributed by atoms with E-state index < -0.39 is 28.2 Å². The van der Waals surface area contributed by atoms with Gasteiger partial charge in [-0.25, -0.2) is 9.59 Å². The largest absolute Gasteiger partial charge is 0.478 e. The number of aliphatic hydroxyl groups excluding tert-OH is 2. The lowest BCUT2D eigenvalue weighted by Crippen LogP contribution is -2.60. The summed E-state index contributed by atoms with van der Waals surface area (Å²) in [6.45, 7) is 3.15. The number of hydrogen-bond acceptors (Lipinski definition) is 4. The second-order valence-electron chi connectivity index (χ2n) is 11.2. The quantitative estimate of drug-likeness (QED) is 0.380. The minimum absolute atomic E-state index is 0.0258. The van der Waals surface area contributed by atoms with E-state index in [4.69, 9.17) is 0 Å². The van der Waals surface area contributed by atoms with Crippen molar-refractivity contribution in [2.45, 2.75) is 52.4 Å². The summed E-state index contributed by atoms with van der Waals surface area (Å²) in [6.07, 6.45) is 9.74. The van der Waals surface area contributed by atoms with Crippen molar-refractivity contribution in [3.8, 4) is 0 Å². The predicted octanol–water partition coefficient (Wildman–Crippen LogP) is 3.10. The van der Waals surface area contributed by atoms with Crippen LogP contribution >= 0.6 is 0 Å². The minimum Gasteiger partial charge on any atom is -0.478 e. The lowest BCUT2D eigenvalue weighted by molar-refractivity contribution is -0.140. The monoisotopic (exact) mass is 430 g/mol. The van der Waals surface area contributed by atoms with Crippen LogP contribution < -0.4 is 0 Å². The molecule has 4 N–H and O–H groups in total. The van der Waals surface area contributed by atoms with Crippen molar-refractivity contribution < 1.29 is 30.0 Å². The van der Waals surface area contributed by atoms with Gasteiger partial charge in [-0.1, -0.05) is 18.6 Å². The Balaban J connectivity index is 1.83. The number of aliphatic hydroxyl groups is 2. The molecule has 0 heterocycles. The lowest BCUT2D eigenvalue weighted by atomic mass is 9.42. The summed E-state index contributed by atoms with van der Waals surface area (Å²) in [5.41, 5.74) is -1.13. The standard InChI is InChI=1S/C25H34O6/c1-13(21(28)29)7-23-10-18(17-4-3-5-19(17)23)20-15-6-16(11-26)24(9-15,12-27)25(20,23)8-14(2)22(30)31/h7-8,15-20,26-27H,3-6,9-12H2,1-2H3,(H,28,29)(H,30,31). The third kappa shape index (κ3) is 2.26. The Hall–Kier alpha value is -1.66. The Bertz CT molecular complexity index is 890. The molecule has 5 aliphatic rings. The molecule has 6 heteroatoms. The van der Waals surface area contributed by atoms with E-state index in [0.717, 1.165) is 38.5 Å². The van der Waals surface area contributed by atoms with Crippen molar-refractivity contribution in [1.82, 2.24) is 0 Å². The van der Waals surface area contributed by atoms with Crippen LogP contribution in [-0.4, -0.2) is 45.6 Å². The number of carbonyl (C=O) groups is 2. The van der Waals surface area contributed by atoms with Crippen LogP contribution in [0.4, 0.5) is 0 Å². The molecule has 5 saturated carbocycles. The SMILES string of the molecule is CC(=CC12CC(C3CCCC31)C1C3CC(CO)C(CO)(C3)C12C=C(C)C(=O)O)C(=O)O. The summed E-state index contributed by atoms with van der Waals surface area (Å²) in [5.74, 6) is -0.120. The number of carboxylic acids is 2. The van der Waals surface area contributed by atoms with Gasteiger partial charge in [0.25, 0.3) is 0 Å². The zero-order valence-corrected chi connectivity index (χ0v) is 18.4. The third-order valence-electron chi connectivity index (χ3n) is 10.5. The molecule has 0 aromatic carbocycles. The zero-order chi connectivity index (χ0) is 22.3. The van der Waals surface area contributed by atoms with Crippen LogP contribution in [0.2, 0.25) is 0 Å². The first kappa shape index (κ1) is 21.2. The predicted molar refractivity (Wildman–Crippen MR) is 113 cm³/mol. The molecule has 4 bridgehead atoms. The fraction of sp³-hybridized carbons (Fsp3) is 0.760. The van der Waals surface area contributed by atoms with E-state index in [-0.39, 0.29) is 30.6 Å². The average molecular weight is 431 g/mol. The maximum Gasteiger partial charge on any atom is 0.330 e. The van der Waals surface area contributed by atoms with Crippen molar-refractivity contribution >= 4 is 11.9 Å². The van der Waals surface area contributed by atoms with Crippen LogP contribution in [0.15, 0.2) is 23.3 Å². The van der Waals surface area contributed by atoms with Crippen LogP contribution in [-0.2, 0) is 9.59 Å². The highest BCUT2D eigenvalue weighted by atomic mass is 16.4. The normalized spacial score (nSPS) is 50.1. The first-order valence-corrected chi connectivity index (χ1v) is 11.8. The molecule has 6 nitrogen and oxygen atoms in total. The third-order valence-corrected chi connectivity index (χ3v) is 10.5. The van der Waals surface area contributed by atoms with Crippen LogP contribution in [0.25, 0.3) is 0 Å². The van der Waals surface area contributed by atoms with Crippen molar-refractivity contribution in [2.24, 2.45) is 51.8 Å². The topological polar surface area (TPSA) is 115 Å². The van der Waals surface area contributed by atoms with Gasteiger partial charge in [0.2, 0.25) is 0 Å². The van der Waals surface area contributed by atoms with Crippen LogP contribution in [0.1, 0.15) is 52.4 Å². The molecule has 0 aromatic heterocycles. The molecule has 0 spiro atoms. The maximum absolute atomic E-state index is 12.0. The molecule has 9 atom stereocenters. The number of rotatable bonds is 6. The number of hydrogen-bond donors (Lipinski definition) is 4. The summed E-state index contributed by atoms with van der Waals surface area (Å²) < 4.78 is 0. The molecule has 0 aliphatic heterocycles. The van der Waals surface area contributed by atoms with Crippen LogP contribution in [0.5, 0.6) is 0 Å². The smallest absolute Gasteiger partial charge is 0.330 e. The van der Waals surface area contributed by atoms with E-state index >= 15 is 0 Å². The van der Waals surface area contributed by atoms with E-state index in [0.29, 0.717) is 29.2 Å². The highest BCUT2D eigenvalue weighted by Crippen LogP contribution is 2.88. The Labute approximate surface area is 183 Å². The van der Waals surface area contributed by atoms with E-state index in [1.165, 1.54) is 0 Å². The molecule has 31 heavy (non-hydrogen) atoms. The van der Waals surface area contributed by atoms with E-state index in [1.807, 2.05) is 12.2 Å². The van der Waals surface area contributed by atoms with Gasteiger partial charge < -0.3 is 20.4 Å². The van der Waals surface area contributed by atoms with Gasteiger partial charge in [0.15, 0.2) is 0 Å². The number of fused-ring (bicyclic) bond motifs is 12. The first-order chi connectivity index (χ1) is 14.7. The zero-order valence-electron chi connectivity index (χ0n) is 18.4. The fourth-order valence-corrected chi connectivity index (χ4v) is 10.0. The molecule has 5 fully saturated rings.